The predicted octanol–water partition coefficient (Wildman–Crippen LogP) is 0.00100. The highest BCUT2D eigenvalue weighted by atomic mass is 79.9. The molecule has 0 aromatic carbocycles. The van der Waals surface area contributed by atoms with Crippen molar-refractivity contribution in [2.24, 2.45) is 0 Å². The molecular formula is C26H35BrO17. The summed E-state index contributed by atoms with van der Waals surface area (Å²) in [5.74, 6) is -5.59. The van der Waals surface area contributed by atoms with Crippen LogP contribution >= 0.6 is 15.9 Å². The average Bonchev–Trinajstić information content (AvgIpc) is 2.87. The Labute approximate surface area is 260 Å². The molecule has 2 rings (SSSR count). The Morgan fingerprint density at radius 1 is 0.477 bits per heavy atom. The minimum absolute atomic E-state index is 0.404. The second-order valence-electron chi connectivity index (χ2n) is 9.64. The van der Waals surface area contributed by atoms with Crippen LogP contribution in [0.2, 0.25) is 0 Å². The largest absolute Gasteiger partial charge is 0.463 e. The lowest BCUT2D eigenvalue weighted by molar-refractivity contribution is -0.337. The number of alkyl halides is 1. The zero-order chi connectivity index (χ0) is 33.3. The van der Waals surface area contributed by atoms with E-state index in [9.17, 15) is 33.6 Å². The van der Waals surface area contributed by atoms with Gasteiger partial charge in [0.05, 0.1) is 0 Å². The molecule has 0 aromatic heterocycles. The molecule has 0 spiro atoms. The molecule has 0 aromatic rings. The van der Waals surface area contributed by atoms with E-state index in [1.54, 1.807) is 0 Å². The highest BCUT2D eigenvalue weighted by Crippen LogP contribution is 2.36. The van der Waals surface area contributed by atoms with Gasteiger partial charge < -0.3 is 47.4 Å². The molecule has 2 heterocycles. The lowest BCUT2D eigenvalue weighted by Gasteiger charge is -2.48. The van der Waals surface area contributed by atoms with Crippen molar-refractivity contribution in [3.05, 3.63) is 0 Å². The molecule has 0 amide bonds. The van der Waals surface area contributed by atoms with Gasteiger partial charge >= 0.3 is 41.8 Å². The number of ether oxygens (including phenoxy) is 10. The van der Waals surface area contributed by atoms with Gasteiger partial charge in [-0.1, -0.05) is 15.9 Å². The number of hydrogen-bond acceptors (Lipinski definition) is 17. The van der Waals surface area contributed by atoms with Crippen LogP contribution < -0.4 is 0 Å². The predicted molar refractivity (Wildman–Crippen MR) is 142 cm³/mol. The second kappa shape index (κ2) is 16.6. The minimum Gasteiger partial charge on any atom is -0.463 e. The summed E-state index contributed by atoms with van der Waals surface area (Å²) in [7, 11) is 0. The van der Waals surface area contributed by atoms with Gasteiger partial charge in [0.1, 0.15) is 36.5 Å². The zero-order valence-electron chi connectivity index (χ0n) is 25.0. The molecule has 0 bridgehead atoms. The Morgan fingerprint density at radius 3 is 1.20 bits per heavy atom. The Morgan fingerprint density at radius 2 is 0.818 bits per heavy atom. The summed E-state index contributed by atoms with van der Waals surface area (Å²) >= 11 is 3.28. The van der Waals surface area contributed by atoms with Crippen LogP contribution in [0.25, 0.3) is 0 Å². The molecule has 17 nitrogen and oxygen atoms in total. The van der Waals surface area contributed by atoms with Crippen molar-refractivity contribution in [2.75, 3.05) is 13.2 Å². The summed E-state index contributed by atoms with van der Waals surface area (Å²) < 4.78 is 55.0. The van der Waals surface area contributed by atoms with Gasteiger partial charge in [0.25, 0.3) is 0 Å². The fourth-order valence-electron chi connectivity index (χ4n) is 4.46. The van der Waals surface area contributed by atoms with E-state index in [4.69, 9.17) is 47.4 Å². The SMILES string of the molecule is CC(=O)OCC1OC(Br)C(OC2OC(COC(C)=O)C(OC(C)=O)C(OC(C)=O)C2OC(C)=O)C(OC(C)=O)C1OC(C)=O. The molecule has 18 heteroatoms. The summed E-state index contributed by atoms with van der Waals surface area (Å²) in [5.41, 5.74) is 0. The molecule has 248 valence electrons. The zero-order valence-corrected chi connectivity index (χ0v) is 26.6. The number of hydrogen-bond donors (Lipinski definition) is 0. The van der Waals surface area contributed by atoms with Crippen LogP contribution in [0.1, 0.15) is 48.5 Å². The van der Waals surface area contributed by atoms with Gasteiger partial charge in [-0.25, -0.2) is 0 Å². The third-order valence-electron chi connectivity index (χ3n) is 5.87. The number of carbonyl (C=O) groups is 7. The Balaban J connectivity index is 2.59. The molecule has 0 N–H and O–H groups in total. The molecule has 10 unspecified atom stereocenters. The lowest BCUT2D eigenvalue weighted by Crippen LogP contribution is -2.66. The average molecular weight is 699 g/mol. The highest BCUT2D eigenvalue weighted by molar-refractivity contribution is 9.09. The van der Waals surface area contributed by atoms with Crippen molar-refractivity contribution in [3.8, 4) is 0 Å². The van der Waals surface area contributed by atoms with Crippen molar-refractivity contribution in [1.82, 2.24) is 0 Å². The van der Waals surface area contributed by atoms with Crippen LogP contribution in [0, 0.1) is 0 Å². The first kappa shape index (κ1) is 36.8. The molecule has 44 heavy (non-hydrogen) atoms. The first-order chi connectivity index (χ1) is 20.5. The Bertz CT molecular complexity index is 1090. The quantitative estimate of drug-likeness (QED) is 0.158. The van der Waals surface area contributed by atoms with E-state index < -0.39 is 115 Å². The van der Waals surface area contributed by atoms with Crippen molar-refractivity contribution in [3.63, 3.8) is 0 Å². The highest BCUT2D eigenvalue weighted by Gasteiger charge is 2.57. The van der Waals surface area contributed by atoms with Crippen molar-refractivity contribution in [2.45, 2.75) is 109 Å². The van der Waals surface area contributed by atoms with Gasteiger partial charge in [-0.3, -0.25) is 33.6 Å². The molecule has 0 aliphatic carbocycles. The van der Waals surface area contributed by atoms with E-state index in [1.165, 1.54) is 0 Å². The number of halogens is 1. The molecule has 2 aliphatic heterocycles. The van der Waals surface area contributed by atoms with Gasteiger partial charge in [0, 0.05) is 48.5 Å². The fraction of sp³-hybridized carbons (Fsp3) is 0.731. The normalized spacial score (nSPS) is 31.5. The van der Waals surface area contributed by atoms with Crippen LogP contribution in [0.5, 0.6) is 0 Å². The van der Waals surface area contributed by atoms with E-state index in [0.717, 1.165) is 48.5 Å². The number of carbonyl (C=O) groups excluding carboxylic acids is 7. The molecular weight excluding hydrogens is 664 g/mol. The van der Waals surface area contributed by atoms with Crippen LogP contribution in [0.4, 0.5) is 0 Å². The van der Waals surface area contributed by atoms with Gasteiger partial charge in [0.2, 0.25) is 0 Å². The maximum Gasteiger partial charge on any atom is 0.303 e. The fourth-order valence-corrected chi connectivity index (χ4v) is 5.16. The van der Waals surface area contributed by atoms with E-state index in [-0.39, 0.29) is 0 Å². The van der Waals surface area contributed by atoms with E-state index >= 15 is 0 Å². The first-order valence-electron chi connectivity index (χ1n) is 13.2. The van der Waals surface area contributed by atoms with Crippen molar-refractivity contribution < 1.29 is 80.9 Å². The third-order valence-corrected chi connectivity index (χ3v) is 6.61. The molecule has 0 saturated carbocycles. The summed E-state index contributed by atoms with van der Waals surface area (Å²) in [4.78, 5) is 83.6. The summed E-state index contributed by atoms with van der Waals surface area (Å²) in [6.45, 7) is 6.66. The van der Waals surface area contributed by atoms with Crippen LogP contribution in [-0.2, 0) is 80.9 Å². The van der Waals surface area contributed by atoms with E-state index in [1.807, 2.05) is 0 Å². The van der Waals surface area contributed by atoms with Crippen molar-refractivity contribution >= 4 is 57.7 Å². The van der Waals surface area contributed by atoms with Crippen molar-refractivity contribution in [1.29, 1.82) is 0 Å². The number of rotatable bonds is 11. The third kappa shape index (κ3) is 11.0. The smallest absolute Gasteiger partial charge is 0.303 e. The number of esters is 7. The van der Waals surface area contributed by atoms with Crippen LogP contribution in [0.3, 0.4) is 0 Å². The molecule has 2 saturated heterocycles. The minimum atomic E-state index is -1.69. The maximum absolute atomic E-state index is 12.2. The van der Waals surface area contributed by atoms with Gasteiger partial charge in [0.15, 0.2) is 36.8 Å². The second-order valence-corrected chi connectivity index (χ2v) is 10.5. The van der Waals surface area contributed by atoms with Crippen LogP contribution in [-0.4, -0.2) is 115 Å². The van der Waals surface area contributed by atoms with Gasteiger partial charge in [-0.2, -0.15) is 0 Å². The van der Waals surface area contributed by atoms with Gasteiger partial charge in [-0.15, -0.1) is 0 Å². The summed E-state index contributed by atoms with van der Waals surface area (Å²) in [6, 6.07) is 0. The summed E-state index contributed by atoms with van der Waals surface area (Å²) in [6.07, 6.45) is -13.0. The summed E-state index contributed by atoms with van der Waals surface area (Å²) in [5, 5.41) is -1.17. The van der Waals surface area contributed by atoms with Crippen LogP contribution in [0.15, 0.2) is 0 Å². The molecule has 10 atom stereocenters. The Kier molecular flexibility index (Phi) is 13.9. The first-order valence-corrected chi connectivity index (χ1v) is 14.1. The van der Waals surface area contributed by atoms with Gasteiger partial charge in [-0.05, 0) is 0 Å². The van der Waals surface area contributed by atoms with E-state index in [2.05, 4.69) is 15.9 Å². The molecule has 2 aliphatic rings. The molecule has 2 fully saturated rings. The lowest BCUT2D eigenvalue weighted by atomic mass is 9.96. The standard InChI is InChI=1S/C26H35BrO17/c1-10(28)35-8-17-19(37-12(3)30)21(39-14(5)32)23(25(27)42-17)44-26-24(41-16(7)34)22(40-15(6)33)20(38-13(4)31)18(43-26)9-36-11(2)29/h17-26H,8-9H2,1-7H3. The monoisotopic (exact) mass is 698 g/mol. The maximum atomic E-state index is 12.2. The van der Waals surface area contributed by atoms with E-state index in [0.29, 0.717) is 0 Å². The molecule has 0 radical (unpaired) electrons. The Hall–Kier alpha value is -3.35. The topological polar surface area (TPSA) is 212 Å².